The summed E-state index contributed by atoms with van der Waals surface area (Å²) in [5, 5.41) is 14.1. The third kappa shape index (κ3) is 3.14. The lowest BCUT2D eigenvalue weighted by atomic mass is 9.90. The summed E-state index contributed by atoms with van der Waals surface area (Å²) in [6, 6.07) is 6.84. The third-order valence-corrected chi connectivity index (χ3v) is 4.70. The van der Waals surface area contributed by atoms with Crippen LogP contribution < -0.4 is 0 Å². The van der Waals surface area contributed by atoms with Gasteiger partial charge in [0.15, 0.2) is 0 Å². The molecule has 0 bridgehead atoms. The normalized spacial score (nSPS) is 20.8. The van der Waals surface area contributed by atoms with Crippen LogP contribution in [0.15, 0.2) is 36.7 Å². The molecule has 2 atom stereocenters. The van der Waals surface area contributed by atoms with Crippen molar-refractivity contribution in [3.05, 3.63) is 47.2 Å². The minimum absolute atomic E-state index is 0.193. The number of hydrogen-bond acceptors (Lipinski definition) is 3. The van der Waals surface area contributed by atoms with E-state index in [1.165, 1.54) is 6.20 Å². The SMILES string of the molecule is C[C@@H]1[C@H](C(=O)O)CCCN1C(=O)c1cnn(-c2cccc(Cl)c2)c1. The quantitative estimate of drug-likeness (QED) is 0.926. The van der Waals surface area contributed by atoms with Crippen molar-refractivity contribution in [2.24, 2.45) is 5.92 Å². The molecule has 1 amide bonds. The average Bonchev–Trinajstić information content (AvgIpc) is 3.04. The maximum atomic E-state index is 12.7. The minimum atomic E-state index is -0.852. The van der Waals surface area contributed by atoms with Crippen LogP contribution in [0.25, 0.3) is 5.69 Å². The molecule has 2 aromatic rings. The summed E-state index contributed by atoms with van der Waals surface area (Å²) in [7, 11) is 0. The second-order valence-corrected chi connectivity index (χ2v) is 6.42. The van der Waals surface area contributed by atoms with Crippen LogP contribution in [-0.2, 0) is 4.79 Å². The van der Waals surface area contributed by atoms with Crippen molar-refractivity contribution in [3.8, 4) is 5.69 Å². The lowest BCUT2D eigenvalue weighted by Gasteiger charge is -2.37. The van der Waals surface area contributed by atoms with Gasteiger partial charge in [0, 0.05) is 23.8 Å². The van der Waals surface area contributed by atoms with Gasteiger partial charge in [0.2, 0.25) is 0 Å². The molecule has 0 saturated carbocycles. The minimum Gasteiger partial charge on any atom is -0.481 e. The van der Waals surface area contributed by atoms with E-state index in [4.69, 9.17) is 11.6 Å². The Morgan fingerprint density at radius 3 is 2.88 bits per heavy atom. The molecule has 1 aromatic heterocycles. The highest BCUT2D eigenvalue weighted by Crippen LogP contribution is 2.25. The molecule has 0 radical (unpaired) electrons. The summed E-state index contributed by atoms with van der Waals surface area (Å²) in [5.41, 5.74) is 1.20. The molecule has 1 saturated heterocycles. The fourth-order valence-corrected chi connectivity index (χ4v) is 3.30. The van der Waals surface area contributed by atoms with E-state index < -0.39 is 11.9 Å². The molecule has 1 aliphatic heterocycles. The van der Waals surface area contributed by atoms with Crippen molar-refractivity contribution in [2.75, 3.05) is 6.54 Å². The van der Waals surface area contributed by atoms with Gasteiger partial charge in [0.05, 0.1) is 23.4 Å². The van der Waals surface area contributed by atoms with Gasteiger partial charge in [-0.1, -0.05) is 17.7 Å². The Kier molecular flexibility index (Phi) is 4.57. The zero-order valence-corrected chi connectivity index (χ0v) is 14.0. The molecule has 6 nitrogen and oxygen atoms in total. The van der Waals surface area contributed by atoms with Crippen molar-refractivity contribution in [2.45, 2.75) is 25.8 Å². The summed E-state index contributed by atoms with van der Waals surface area (Å²) in [6.45, 7) is 2.35. The van der Waals surface area contributed by atoms with E-state index in [2.05, 4.69) is 5.10 Å². The highest BCUT2D eigenvalue weighted by molar-refractivity contribution is 6.30. The molecule has 7 heteroatoms. The van der Waals surface area contributed by atoms with Gasteiger partial charge in [-0.2, -0.15) is 5.10 Å². The topological polar surface area (TPSA) is 75.4 Å². The standard InChI is InChI=1S/C17H18ClN3O3/c1-11-15(17(23)24)6-3-7-20(11)16(22)12-9-19-21(10-12)14-5-2-4-13(18)8-14/h2,4-5,8-11,15H,3,6-7H2,1H3,(H,23,24)/t11-,15-/m1/s1. The molecule has 1 aromatic carbocycles. The maximum Gasteiger partial charge on any atom is 0.308 e. The number of nitrogens with zero attached hydrogens (tertiary/aromatic N) is 3. The molecular weight excluding hydrogens is 330 g/mol. The smallest absolute Gasteiger partial charge is 0.308 e. The summed E-state index contributed by atoms with van der Waals surface area (Å²) >= 11 is 5.98. The Morgan fingerprint density at radius 2 is 2.17 bits per heavy atom. The number of halogens is 1. The van der Waals surface area contributed by atoms with Crippen LogP contribution in [0.1, 0.15) is 30.1 Å². The molecule has 126 valence electrons. The zero-order valence-electron chi connectivity index (χ0n) is 13.2. The van der Waals surface area contributed by atoms with E-state index in [-0.39, 0.29) is 11.9 Å². The van der Waals surface area contributed by atoms with Crippen LogP contribution in [0.3, 0.4) is 0 Å². The number of amides is 1. The van der Waals surface area contributed by atoms with Crippen molar-refractivity contribution in [3.63, 3.8) is 0 Å². The lowest BCUT2D eigenvalue weighted by molar-refractivity contribution is -0.144. The van der Waals surface area contributed by atoms with Gasteiger partial charge < -0.3 is 10.0 Å². The second-order valence-electron chi connectivity index (χ2n) is 5.98. The number of aromatic nitrogens is 2. The first-order valence-corrected chi connectivity index (χ1v) is 8.19. The van der Waals surface area contributed by atoms with E-state index in [0.29, 0.717) is 30.0 Å². The molecule has 24 heavy (non-hydrogen) atoms. The van der Waals surface area contributed by atoms with Crippen molar-refractivity contribution in [1.29, 1.82) is 0 Å². The molecular formula is C17H18ClN3O3. The average molecular weight is 348 g/mol. The van der Waals surface area contributed by atoms with E-state index in [1.54, 1.807) is 34.8 Å². The molecule has 2 heterocycles. The second kappa shape index (κ2) is 6.65. The van der Waals surface area contributed by atoms with E-state index in [1.807, 2.05) is 12.1 Å². The molecule has 1 fully saturated rings. The largest absolute Gasteiger partial charge is 0.481 e. The van der Waals surface area contributed by atoms with Crippen molar-refractivity contribution >= 4 is 23.5 Å². The number of benzene rings is 1. The highest BCUT2D eigenvalue weighted by Gasteiger charge is 2.35. The Labute approximate surface area is 144 Å². The van der Waals surface area contributed by atoms with Gasteiger partial charge >= 0.3 is 5.97 Å². The van der Waals surface area contributed by atoms with Crippen molar-refractivity contribution in [1.82, 2.24) is 14.7 Å². The van der Waals surface area contributed by atoms with Gasteiger partial charge in [-0.3, -0.25) is 9.59 Å². The number of piperidine rings is 1. The zero-order chi connectivity index (χ0) is 17.3. The summed E-state index contributed by atoms with van der Waals surface area (Å²) in [5.74, 6) is -1.57. The maximum absolute atomic E-state index is 12.7. The van der Waals surface area contributed by atoms with E-state index >= 15 is 0 Å². The Hall–Kier alpha value is -2.34. The molecule has 0 spiro atoms. The van der Waals surface area contributed by atoms with Crippen LogP contribution in [-0.4, -0.2) is 44.3 Å². The Morgan fingerprint density at radius 1 is 1.38 bits per heavy atom. The predicted molar refractivity (Wildman–Crippen MR) is 89.4 cm³/mol. The number of rotatable bonds is 3. The molecule has 0 aliphatic carbocycles. The van der Waals surface area contributed by atoms with Crippen LogP contribution >= 0.6 is 11.6 Å². The fraction of sp³-hybridized carbons (Fsp3) is 0.353. The third-order valence-electron chi connectivity index (χ3n) is 4.47. The number of carboxylic acid groups (broad SMARTS) is 1. The van der Waals surface area contributed by atoms with Gasteiger partial charge in [-0.15, -0.1) is 0 Å². The number of carbonyl (C=O) groups excluding carboxylic acids is 1. The van der Waals surface area contributed by atoms with E-state index in [9.17, 15) is 14.7 Å². The monoisotopic (exact) mass is 347 g/mol. The fourth-order valence-electron chi connectivity index (χ4n) is 3.12. The van der Waals surface area contributed by atoms with Crippen LogP contribution in [0.4, 0.5) is 0 Å². The summed E-state index contributed by atoms with van der Waals surface area (Å²) < 4.78 is 1.59. The van der Waals surface area contributed by atoms with Crippen LogP contribution in [0.2, 0.25) is 5.02 Å². The lowest BCUT2D eigenvalue weighted by Crippen LogP contribution is -2.49. The number of carboxylic acids is 1. The first-order valence-electron chi connectivity index (χ1n) is 7.82. The first kappa shape index (κ1) is 16.5. The number of likely N-dealkylation sites (tertiary alicyclic amines) is 1. The molecule has 0 unspecified atom stereocenters. The van der Waals surface area contributed by atoms with Gasteiger partial charge in [0.25, 0.3) is 5.91 Å². The van der Waals surface area contributed by atoms with Gasteiger partial charge in [0.1, 0.15) is 0 Å². The Balaban J connectivity index is 1.82. The molecule has 1 N–H and O–H groups in total. The van der Waals surface area contributed by atoms with Gasteiger partial charge in [-0.25, -0.2) is 4.68 Å². The Bertz CT molecular complexity index is 774. The molecule has 3 rings (SSSR count). The van der Waals surface area contributed by atoms with E-state index in [0.717, 1.165) is 5.69 Å². The summed E-state index contributed by atoms with van der Waals surface area (Å²) in [6.07, 6.45) is 4.43. The van der Waals surface area contributed by atoms with Crippen molar-refractivity contribution < 1.29 is 14.7 Å². The van der Waals surface area contributed by atoms with Crippen LogP contribution in [0, 0.1) is 5.92 Å². The predicted octanol–water partition coefficient (Wildman–Crippen LogP) is 2.85. The number of carbonyl (C=O) groups is 2. The number of aliphatic carboxylic acids is 1. The van der Waals surface area contributed by atoms with Crippen LogP contribution in [0.5, 0.6) is 0 Å². The summed E-state index contributed by atoms with van der Waals surface area (Å²) in [4.78, 5) is 25.7. The highest BCUT2D eigenvalue weighted by atomic mass is 35.5. The number of hydrogen-bond donors (Lipinski definition) is 1. The first-order chi connectivity index (χ1) is 11.5. The van der Waals surface area contributed by atoms with Gasteiger partial charge in [-0.05, 0) is 38.0 Å². The molecule has 1 aliphatic rings.